The lowest BCUT2D eigenvalue weighted by Gasteiger charge is -2.29. The third-order valence-electron chi connectivity index (χ3n) is 7.36. The molecule has 1 atom stereocenters. The minimum absolute atomic E-state index is 0.0620. The Morgan fingerprint density at radius 3 is 2.43 bits per heavy atom. The summed E-state index contributed by atoms with van der Waals surface area (Å²) >= 11 is 13.3. The summed E-state index contributed by atoms with van der Waals surface area (Å²) in [7, 11) is 3.22. The molecule has 3 aromatic carbocycles. The largest absolute Gasteiger partial charge is 0.497 e. The third-order valence-corrected chi connectivity index (χ3v) is 7.93. The molecule has 5 rings (SSSR count). The van der Waals surface area contributed by atoms with Gasteiger partial charge < -0.3 is 19.1 Å². The first kappa shape index (κ1) is 25.9. The number of ether oxygens (including phenoxy) is 3. The van der Waals surface area contributed by atoms with Gasteiger partial charge in [-0.3, -0.25) is 9.69 Å². The van der Waals surface area contributed by atoms with Crippen molar-refractivity contribution in [3.63, 3.8) is 0 Å². The second-order valence-corrected chi connectivity index (χ2v) is 10.4. The number of methoxy groups -OCH3 is 2. The van der Waals surface area contributed by atoms with Crippen LogP contribution in [0, 0.1) is 0 Å². The van der Waals surface area contributed by atoms with E-state index >= 15 is 0 Å². The molecule has 3 aromatic rings. The number of fused-ring (bicyclic) bond motifs is 1. The van der Waals surface area contributed by atoms with Gasteiger partial charge in [-0.2, -0.15) is 0 Å². The highest BCUT2D eigenvalue weighted by molar-refractivity contribution is 6.32. The fraction of sp³-hybridized carbons (Fsp3) is 0.345. The Labute approximate surface area is 227 Å². The first-order valence-corrected chi connectivity index (χ1v) is 13.0. The lowest BCUT2D eigenvalue weighted by atomic mass is 9.76. The van der Waals surface area contributed by atoms with Crippen molar-refractivity contribution in [1.82, 2.24) is 4.90 Å². The van der Waals surface area contributed by atoms with Gasteiger partial charge in [0.1, 0.15) is 16.9 Å². The average molecular weight is 541 g/mol. The molecular weight excluding hydrogens is 511 g/mol. The van der Waals surface area contributed by atoms with Crippen LogP contribution in [0.25, 0.3) is 0 Å². The molecule has 2 aliphatic rings. The number of carbonyl (C=O) groups excluding carboxylic acids is 1. The number of nitrogens with zero attached hydrogens (tertiary/aromatic N) is 2. The summed E-state index contributed by atoms with van der Waals surface area (Å²) in [5, 5.41) is 1.12. The Hall–Kier alpha value is -2.77. The highest BCUT2D eigenvalue weighted by Gasteiger charge is 2.50. The van der Waals surface area contributed by atoms with Gasteiger partial charge in [0.15, 0.2) is 0 Å². The molecule has 2 heterocycles. The highest BCUT2D eigenvalue weighted by Crippen LogP contribution is 2.49. The molecular formula is C29H30Cl2N2O4. The van der Waals surface area contributed by atoms with Crippen LogP contribution in [-0.2, 0) is 28.0 Å². The van der Waals surface area contributed by atoms with E-state index in [1.807, 2.05) is 55.5 Å². The monoisotopic (exact) mass is 540 g/mol. The van der Waals surface area contributed by atoms with Gasteiger partial charge in [-0.15, -0.1) is 0 Å². The normalized spacial score (nSPS) is 19.7. The van der Waals surface area contributed by atoms with Crippen molar-refractivity contribution in [1.29, 1.82) is 0 Å². The van der Waals surface area contributed by atoms with Gasteiger partial charge in [0, 0.05) is 47.0 Å². The molecule has 0 aromatic heterocycles. The predicted molar refractivity (Wildman–Crippen MR) is 146 cm³/mol. The van der Waals surface area contributed by atoms with Gasteiger partial charge >= 0.3 is 0 Å². The van der Waals surface area contributed by atoms with Crippen molar-refractivity contribution in [3.05, 3.63) is 86.9 Å². The van der Waals surface area contributed by atoms with E-state index in [1.165, 1.54) is 0 Å². The van der Waals surface area contributed by atoms with Crippen LogP contribution in [0.3, 0.4) is 0 Å². The van der Waals surface area contributed by atoms with E-state index in [0.717, 1.165) is 60.8 Å². The van der Waals surface area contributed by atoms with Crippen molar-refractivity contribution in [2.24, 2.45) is 0 Å². The van der Waals surface area contributed by atoms with E-state index in [9.17, 15) is 4.79 Å². The fourth-order valence-electron chi connectivity index (χ4n) is 5.28. The minimum Gasteiger partial charge on any atom is -0.497 e. The summed E-state index contributed by atoms with van der Waals surface area (Å²) in [5.41, 5.74) is 3.39. The average Bonchev–Trinajstić information content (AvgIpc) is 3.12. The second kappa shape index (κ2) is 10.5. The maximum atomic E-state index is 14.3. The van der Waals surface area contributed by atoms with Crippen LogP contribution in [0.1, 0.15) is 29.2 Å². The highest BCUT2D eigenvalue weighted by atomic mass is 35.5. The number of rotatable bonds is 7. The SMILES string of the molecule is COc1ccc(CN2C(=O)C(C)(c3cc(CN4CCOCC4)ccc3Cl)c3cc(Cl)ccc32)c(OC)c1. The van der Waals surface area contributed by atoms with Crippen LogP contribution in [0.15, 0.2) is 54.6 Å². The van der Waals surface area contributed by atoms with Crippen LogP contribution in [0.4, 0.5) is 5.69 Å². The molecule has 37 heavy (non-hydrogen) atoms. The van der Waals surface area contributed by atoms with Crippen molar-refractivity contribution < 1.29 is 19.0 Å². The summed E-state index contributed by atoms with van der Waals surface area (Å²) in [6.45, 7) is 6.26. The van der Waals surface area contributed by atoms with Gasteiger partial charge in [0.2, 0.25) is 5.91 Å². The van der Waals surface area contributed by atoms with Crippen LogP contribution in [0.2, 0.25) is 10.0 Å². The Morgan fingerprint density at radius 1 is 0.919 bits per heavy atom. The fourth-order valence-corrected chi connectivity index (χ4v) is 5.76. The smallest absolute Gasteiger partial charge is 0.242 e. The Morgan fingerprint density at radius 2 is 1.70 bits per heavy atom. The summed E-state index contributed by atoms with van der Waals surface area (Å²) in [4.78, 5) is 18.5. The second-order valence-electron chi connectivity index (χ2n) is 9.56. The summed E-state index contributed by atoms with van der Waals surface area (Å²) in [6, 6.07) is 17.2. The molecule has 0 radical (unpaired) electrons. The number of carbonyl (C=O) groups is 1. The topological polar surface area (TPSA) is 51.2 Å². The van der Waals surface area contributed by atoms with E-state index in [2.05, 4.69) is 11.0 Å². The van der Waals surface area contributed by atoms with Gasteiger partial charge in [0.05, 0.1) is 34.0 Å². The molecule has 0 saturated carbocycles. The molecule has 6 nitrogen and oxygen atoms in total. The zero-order valence-electron chi connectivity index (χ0n) is 21.2. The zero-order chi connectivity index (χ0) is 26.2. The van der Waals surface area contributed by atoms with Gasteiger partial charge in [-0.1, -0.05) is 35.3 Å². The maximum Gasteiger partial charge on any atom is 0.242 e. The van der Waals surface area contributed by atoms with Gasteiger partial charge in [-0.05, 0) is 60.0 Å². The summed E-state index contributed by atoms with van der Waals surface area (Å²) < 4.78 is 16.4. The molecule has 0 bridgehead atoms. The van der Waals surface area contributed by atoms with Crippen molar-refractivity contribution >= 4 is 34.8 Å². The van der Waals surface area contributed by atoms with Gasteiger partial charge in [0.25, 0.3) is 0 Å². The van der Waals surface area contributed by atoms with Crippen LogP contribution < -0.4 is 14.4 Å². The molecule has 8 heteroatoms. The standard InChI is InChI=1S/C29H30Cl2N2O4/c1-29(23-14-19(4-8-25(23)31)17-32-10-12-37-13-11-32)24-15-21(30)6-9-26(24)33(28(29)34)18-20-5-7-22(35-2)16-27(20)36-3/h4-9,14-16H,10-13,17-18H2,1-3H3. The first-order valence-electron chi connectivity index (χ1n) is 12.3. The van der Waals surface area contributed by atoms with E-state index in [4.69, 9.17) is 37.4 Å². The molecule has 1 unspecified atom stereocenters. The predicted octanol–water partition coefficient (Wildman–Crippen LogP) is 5.70. The van der Waals surface area contributed by atoms with Crippen LogP contribution in [0.5, 0.6) is 11.5 Å². The molecule has 1 saturated heterocycles. The Bertz CT molecular complexity index is 1330. The van der Waals surface area contributed by atoms with Crippen molar-refractivity contribution in [2.75, 3.05) is 45.4 Å². The van der Waals surface area contributed by atoms with E-state index < -0.39 is 5.41 Å². The zero-order valence-corrected chi connectivity index (χ0v) is 22.7. The van der Waals surface area contributed by atoms with E-state index in [0.29, 0.717) is 28.1 Å². The number of hydrogen-bond donors (Lipinski definition) is 0. The number of morpholine rings is 1. The Balaban J connectivity index is 1.55. The number of anilines is 1. The van der Waals surface area contributed by atoms with Gasteiger partial charge in [-0.25, -0.2) is 0 Å². The minimum atomic E-state index is -1.00. The van der Waals surface area contributed by atoms with Crippen molar-refractivity contribution in [3.8, 4) is 11.5 Å². The molecule has 1 amide bonds. The molecule has 2 aliphatic heterocycles. The number of halogens is 2. The molecule has 0 N–H and O–H groups in total. The third kappa shape index (κ3) is 4.79. The summed E-state index contributed by atoms with van der Waals surface area (Å²) in [5.74, 6) is 1.28. The molecule has 1 fully saturated rings. The van der Waals surface area contributed by atoms with Crippen LogP contribution >= 0.6 is 23.2 Å². The summed E-state index contributed by atoms with van der Waals surface area (Å²) in [6.07, 6.45) is 0. The molecule has 0 aliphatic carbocycles. The number of benzene rings is 3. The lowest BCUT2D eigenvalue weighted by Crippen LogP contribution is -2.39. The Kier molecular flexibility index (Phi) is 7.37. The number of hydrogen-bond acceptors (Lipinski definition) is 5. The van der Waals surface area contributed by atoms with Crippen LogP contribution in [-0.4, -0.2) is 51.3 Å². The van der Waals surface area contributed by atoms with E-state index in [1.54, 1.807) is 19.1 Å². The number of amides is 1. The first-order chi connectivity index (χ1) is 17.8. The lowest BCUT2D eigenvalue weighted by molar-refractivity contribution is -0.121. The van der Waals surface area contributed by atoms with Crippen molar-refractivity contribution in [2.45, 2.75) is 25.4 Å². The quantitative estimate of drug-likeness (QED) is 0.385. The molecule has 194 valence electrons. The van der Waals surface area contributed by atoms with E-state index in [-0.39, 0.29) is 5.91 Å². The molecule has 0 spiro atoms. The maximum absolute atomic E-state index is 14.3.